The molecular weight excluding hydrogens is 313 g/mol. The van der Waals surface area contributed by atoms with Gasteiger partial charge in [0.2, 0.25) is 7.29 Å². The lowest BCUT2D eigenvalue weighted by molar-refractivity contribution is 0.286. The van der Waals surface area contributed by atoms with Crippen molar-refractivity contribution >= 4 is 17.9 Å². The van der Waals surface area contributed by atoms with Gasteiger partial charge in [0.05, 0.1) is 0 Å². The van der Waals surface area contributed by atoms with Gasteiger partial charge in [-0.1, -0.05) is 62.6 Å². The number of rotatable bonds is 6. The minimum atomic E-state index is -2.81. The molecule has 1 fully saturated rings. The van der Waals surface area contributed by atoms with Gasteiger partial charge in [-0.3, -0.25) is 9.65 Å². The Morgan fingerprint density at radius 2 is 1.42 bits per heavy atom. The zero-order valence-electron chi connectivity index (χ0n) is 14.5. The van der Waals surface area contributed by atoms with Gasteiger partial charge >= 0.3 is 0 Å². The van der Waals surface area contributed by atoms with Crippen molar-refractivity contribution < 1.29 is 4.57 Å². The lowest BCUT2D eigenvalue weighted by Crippen LogP contribution is -2.40. The summed E-state index contributed by atoms with van der Waals surface area (Å²) in [7, 11) is -2.81. The van der Waals surface area contributed by atoms with Crippen molar-refractivity contribution in [3.05, 3.63) is 60.7 Å². The zero-order valence-corrected chi connectivity index (χ0v) is 15.4. The van der Waals surface area contributed by atoms with Gasteiger partial charge < -0.3 is 0 Å². The number of nitrogens with one attached hydrogen (secondary N) is 1. The van der Waals surface area contributed by atoms with Crippen LogP contribution < -0.4 is 15.7 Å². The van der Waals surface area contributed by atoms with E-state index in [1.807, 2.05) is 60.7 Å². The standard InChI is InChI=1S/C21H28NOP/c1-2-21(18-12-6-3-7-13-18)22-24(23,19-14-8-4-9-15-19)20-16-10-5-11-17-20/h4-5,8-11,14-18,21H,2-3,6-7,12-13H2,1H3,(H,22,23)/t21-/m0/s1. The van der Waals surface area contributed by atoms with Crippen molar-refractivity contribution in [3.8, 4) is 0 Å². The van der Waals surface area contributed by atoms with Crippen LogP contribution in [-0.4, -0.2) is 6.04 Å². The van der Waals surface area contributed by atoms with Gasteiger partial charge in [-0.15, -0.1) is 0 Å². The van der Waals surface area contributed by atoms with Crippen LogP contribution in [0.15, 0.2) is 60.7 Å². The van der Waals surface area contributed by atoms with E-state index in [9.17, 15) is 4.57 Å². The maximum atomic E-state index is 14.1. The van der Waals surface area contributed by atoms with Crippen LogP contribution in [0.25, 0.3) is 0 Å². The van der Waals surface area contributed by atoms with E-state index in [1.165, 1.54) is 32.1 Å². The lowest BCUT2D eigenvalue weighted by Gasteiger charge is -2.34. The van der Waals surface area contributed by atoms with Gasteiger partial charge in [-0.25, -0.2) is 0 Å². The normalized spacial score (nSPS) is 17.5. The van der Waals surface area contributed by atoms with Crippen molar-refractivity contribution in [2.75, 3.05) is 0 Å². The first-order valence-corrected chi connectivity index (χ1v) is 10.9. The maximum Gasteiger partial charge on any atom is 0.204 e. The third-order valence-electron chi connectivity index (χ3n) is 5.25. The van der Waals surface area contributed by atoms with Crippen molar-refractivity contribution in [1.82, 2.24) is 5.09 Å². The summed E-state index contributed by atoms with van der Waals surface area (Å²) >= 11 is 0. The van der Waals surface area contributed by atoms with Crippen LogP contribution >= 0.6 is 7.29 Å². The molecule has 0 bridgehead atoms. The van der Waals surface area contributed by atoms with Crippen molar-refractivity contribution in [2.45, 2.75) is 51.5 Å². The second kappa shape index (κ2) is 8.14. The summed E-state index contributed by atoms with van der Waals surface area (Å²) in [6.07, 6.45) is 7.51. The Morgan fingerprint density at radius 1 is 0.917 bits per heavy atom. The van der Waals surface area contributed by atoms with E-state index in [-0.39, 0.29) is 0 Å². The monoisotopic (exact) mass is 341 g/mol. The lowest BCUT2D eigenvalue weighted by atomic mass is 9.83. The van der Waals surface area contributed by atoms with Crippen molar-refractivity contribution in [2.24, 2.45) is 5.92 Å². The molecule has 0 saturated heterocycles. The van der Waals surface area contributed by atoms with Gasteiger partial charge in [-0.05, 0) is 49.4 Å². The van der Waals surface area contributed by atoms with Crippen molar-refractivity contribution in [3.63, 3.8) is 0 Å². The largest absolute Gasteiger partial charge is 0.297 e. The summed E-state index contributed by atoms with van der Waals surface area (Å²) < 4.78 is 14.1. The van der Waals surface area contributed by atoms with Crippen LogP contribution in [0, 0.1) is 5.92 Å². The molecule has 128 valence electrons. The van der Waals surface area contributed by atoms with Gasteiger partial charge in [0, 0.05) is 16.7 Å². The minimum Gasteiger partial charge on any atom is -0.297 e. The molecule has 1 aliphatic rings. The van der Waals surface area contributed by atoms with Gasteiger partial charge in [0.25, 0.3) is 0 Å². The quantitative estimate of drug-likeness (QED) is 0.760. The molecule has 0 aliphatic heterocycles. The van der Waals surface area contributed by atoms with E-state index >= 15 is 0 Å². The molecule has 0 amide bonds. The van der Waals surface area contributed by atoms with Crippen LogP contribution in [0.2, 0.25) is 0 Å². The molecule has 1 atom stereocenters. The molecule has 1 saturated carbocycles. The Hall–Kier alpha value is -1.37. The van der Waals surface area contributed by atoms with E-state index in [2.05, 4.69) is 12.0 Å². The molecule has 0 unspecified atom stereocenters. The summed E-state index contributed by atoms with van der Waals surface area (Å²) in [5, 5.41) is 5.45. The highest BCUT2D eigenvalue weighted by Crippen LogP contribution is 2.42. The fourth-order valence-electron chi connectivity index (χ4n) is 3.87. The van der Waals surface area contributed by atoms with E-state index in [4.69, 9.17) is 0 Å². The number of benzene rings is 2. The molecule has 2 aromatic rings. The fraction of sp³-hybridized carbons (Fsp3) is 0.429. The van der Waals surface area contributed by atoms with E-state index in [1.54, 1.807) is 0 Å². The molecule has 2 aromatic carbocycles. The molecule has 0 aromatic heterocycles. The van der Waals surface area contributed by atoms with Gasteiger partial charge in [-0.2, -0.15) is 0 Å². The summed E-state index contributed by atoms with van der Waals surface area (Å²) in [6.45, 7) is 2.21. The Morgan fingerprint density at radius 3 is 1.88 bits per heavy atom. The average molecular weight is 341 g/mol. The summed E-state index contributed by atoms with van der Waals surface area (Å²) in [4.78, 5) is 0. The molecule has 0 spiro atoms. The Kier molecular flexibility index (Phi) is 5.92. The molecule has 24 heavy (non-hydrogen) atoms. The first-order chi connectivity index (χ1) is 11.7. The van der Waals surface area contributed by atoms with E-state index in [0.717, 1.165) is 17.0 Å². The highest BCUT2D eigenvalue weighted by molar-refractivity contribution is 7.76. The SMILES string of the molecule is CC[C@H](NP(=O)(c1ccccc1)c1ccccc1)C1CCCCC1. The fourth-order valence-corrected chi connectivity index (χ4v) is 6.51. The van der Waals surface area contributed by atoms with Crippen LogP contribution in [0.1, 0.15) is 45.4 Å². The van der Waals surface area contributed by atoms with Crippen LogP contribution in [0.4, 0.5) is 0 Å². The van der Waals surface area contributed by atoms with Crippen molar-refractivity contribution in [1.29, 1.82) is 0 Å². The molecule has 0 radical (unpaired) electrons. The van der Waals surface area contributed by atoms with E-state index < -0.39 is 7.29 Å². The third kappa shape index (κ3) is 3.82. The van der Waals surface area contributed by atoms with Crippen LogP contribution in [0.5, 0.6) is 0 Å². The maximum absolute atomic E-state index is 14.1. The summed E-state index contributed by atoms with van der Waals surface area (Å²) in [5.74, 6) is 0.643. The number of hydrogen-bond donors (Lipinski definition) is 1. The van der Waals surface area contributed by atoms with Crippen LogP contribution in [-0.2, 0) is 4.57 Å². The smallest absolute Gasteiger partial charge is 0.204 e. The third-order valence-corrected chi connectivity index (χ3v) is 7.99. The molecule has 1 N–H and O–H groups in total. The molecule has 1 aliphatic carbocycles. The number of hydrogen-bond acceptors (Lipinski definition) is 1. The Balaban J connectivity index is 1.94. The predicted molar refractivity (Wildman–Crippen MR) is 104 cm³/mol. The second-order valence-corrected chi connectivity index (χ2v) is 9.33. The summed E-state index contributed by atoms with van der Waals surface area (Å²) in [6, 6.07) is 20.2. The molecule has 2 nitrogen and oxygen atoms in total. The molecule has 0 heterocycles. The second-order valence-electron chi connectivity index (χ2n) is 6.82. The van der Waals surface area contributed by atoms with Gasteiger partial charge in [0.15, 0.2) is 0 Å². The molecule has 3 heteroatoms. The molecular formula is C21H28NOP. The molecule has 3 rings (SSSR count). The first-order valence-electron chi connectivity index (χ1n) is 9.23. The summed E-state index contributed by atoms with van der Waals surface area (Å²) in [5.41, 5.74) is 0. The zero-order chi connectivity index (χ0) is 16.8. The highest BCUT2D eigenvalue weighted by Gasteiger charge is 2.32. The highest BCUT2D eigenvalue weighted by atomic mass is 31.2. The van der Waals surface area contributed by atoms with E-state index in [0.29, 0.717) is 12.0 Å². The average Bonchev–Trinajstić information content (AvgIpc) is 2.68. The van der Waals surface area contributed by atoms with Gasteiger partial charge in [0.1, 0.15) is 0 Å². The Bertz CT molecular complexity index is 621. The minimum absolute atomic E-state index is 0.316. The first kappa shape index (κ1) is 17.5. The Labute approximate surface area is 146 Å². The topological polar surface area (TPSA) is 29.1 Å². The predicted octanol–water partition coefficient (Wildman–Crippen LogP) is 4.86. The van der Waals surface area contributed by atoms with Crippen LogP contribution in [0.3, 0.4) is 0 Å².